The number of para-hydroxylation sites is 1. The fraction of sp³-hybridized carbons (Fsp3) is 0.250. The van der Waals surface area contributed by atoms with E-state index in [-0.39, 0.29) is 11.7 Å². The van der Waals surface area contributed by atoms with E-state index < -0.39 is 12.0 Å². The first kappa shape index (κ1) is 30.8. The highest BCUT2D eigenvalue weighted by atomic mass is 79.9. The molecular formula is C36H34BrN3O4S. The number of methoxy groups -OCH3 is 1. The number of ether oxygens (including phenoxy) is 2. The Balaban J connectivity index is 1.60. The maximum absolute atomic E-state index is 14.4. The van der Waals surface area contributed by atoms with Crippen LogP contribution in [0.3, 0.4) is 0 Å². The zero-order chi connectivity index (χ0) is 32.0. The topological polar surface area (TPSA) is 74.8 Å². The minimum atomic E-state index is -0.787. The highest BCUT2D eigenvalue weighted by Crippen LogP contribution is 2.38. The number of thiazole rings is 1. The number of nitrogens with zero attached hydrogens (tertiary/aromatic N) is 3. The molecule has 0 bridgehead atoms. The number of benzene rings is 3. The normalized spacial score (nSPS) is 15.0. The van der Waals surface area contributed by atoms with E-state index in [9.17, 15) is 9.59 Å². The molecule has 0 saturated heterocycles. The van der Waals surface area contributed by atoms with Crippen LogP contribution in [0.1, 0.15) is 54.8 Å². The Bertz CT molecular complexity index is 2170. The van der Waals surface area contributed by atoms with Gasteiger partial charge in [0.1, 0.15) is 11.8 Å². The molecule has 7 nitrogen and oxygen atoms in total. The number of aryl methyl sites for hydroxylation is 1. The smallest absolute Gasteiger partial charge is 0.338 e. The minimum absolute atomic E-state index is 0.118. The zero-order valence-electron chi connectivity index (χ0n) is 26.1. The molecule has 45 heavy (non-hydrogen) atoms. The molecule has 5 aromatic rings. The molecule has 1 aliphatic heterocycles. The lowest BCUT2D eigenvalue weighted by atomic mass is 9.95. The molecule has 0 fully saturated rings. The first-order valence-corrected chi connectivity index (χ1v) is 16.4. The third-order valence-corrected chi connectivity index (χ3v) is 9.58. The molecule has 1 aliphatic rings. The van der Waals surface area contributed by atoms with Gasteiger partial charge in [-0.25, -0.2) is 9.79 Å². The average Bonchev–Trinajstić information content (AvgIpc) is 3.46. The SMILES string of the molecule is COC(=O)C1=C(C)N=c2s/c(=C\c3c(C)n(Cc4ccccc4)c4c(C)cccc34)c(=O)n2[C@H]1c1cc(Br)ccc1OC(C)C. The summed E-state index contributed by atoms with van der Waals surface area (Å²) < 4.78 is 16.7. The van der Waals surface area contributed by atoms with E-state index in [1.165, 1.54) is 29.6 Å². The summed E-state index contributed by atoms with van der Waals surface area (Å²) in [5, 5.41) is 1.08. The van der Waals surface area contributed by atoms with Gasteiger partial charge in [-0.2, -0.15) is 0 Å². The van der Waals surface area contributed by atoms with Crippen LogP contribution in [0.15, 0.2) is 92.3 Å². The maximum atomic E-state index is 14.4. The monoisotopic (exact) mass is 683 g/mol. The van der Waals surface area contributed by atoms with Crippen LogP contribution in [0.5, 0.6) is 5.75 Å². The number of esters is 1. The van der Waals surface area contributed by atoms with Gasteiger partial charge in [-0.3, -0.25) is 9.36 Å². The third kappa shape index (κ3) is 5.59. The molecule has 0 amide bonds. The quantitative estimate of drug-likeness (QED) is 0.182. The number of aromatic nitrogens is 2. The molecule has 0 spiro atoms. The van der Waals surface area contributed by atoms with Crippen molar-refractivity contribution in [3.8, 4) is 5.75 Å². The van der Waals surface area contributed by atoms with Crippen molar-refractivity contribution in [1.29, 1.82) is 0 Å². The number of fused-ring (bicyclic) bond motifs is 2. The van der Waals surface area contributed by atoms with E-state index in [1.807, 2.05) is 44.2 Å². The second-order valence-electron chi connectivity index (χ2n) is 11.5. The predicted molar refractivity (Wildman–Crippen MR) is 183 cm³/mol. The molecule has 3 aromatic carbocycles. The van der Waals surface area contributed by atoms with Gasteiger partial charge in [0.2, 0.25) is 0 Å². The van der Waals surface area contributed by atoms with E-state index in [2.05, 4.69) is 76.8 Å². The van der Waals surface area contributed by atoms with Gasteiger partial charge >= 0.3 is 5.97 Å². The number of hydrogen-bond acceptors (Lipinski definition) is 6. The van der Waals surface area contributed by atoms with Gasteiger partial charge in [0.25, 0.3) is 5.56 Å². The standard InChI is InChI=1S/C36H34BrN3O4S/c1-20(2)44-29-16-15-25(37)17-28(29)33-31(35(42)43-6)22(4)38-36-40(33)34(41)30(45-36)18-27-23(5)39(19-24-12-8-7-9-13-24)32-21(3)11-10-14-26(27)32/h7-18,20,33H,19H2,1-6H3/b30-18-/t33-/m0/s1. The molecule has 230 valence electrons. The molecule has 9 heteroatoms. The summed E-state index contributed by atoms with van der Waals surface area (Å²) in [4.78, 5) is 33.0. The molecule has 0 unspecified atom stereocenters. The maximum Gasteiger partial charge on any atom is 0.338 e. The second-order valence-corrected chi connectivity index (χ2v) is 13.4. The summed E-state index contributed by atoms with van der Waals surface area (Å²) in [7, 11) is 1.34. The van der Waals surface area contributed by atoms with Crippen molar-refractivity contribution < 1.29 is 14.3 Å². The highest BCUT2D eigenvalue weighted by molar-refractivity contribution is 9.10. The molecule has 2 aromatic heterocycles. The van der Waals surface area contributed by atoms with Crippen LogP contribution in [0, 0.1) is 13.8 Å². The number of allylic oxidation sites excluding steroid dienone is 1. The molecule has 0 radical (unpaired) electrons. The van der Waals surface area contributed by atoms with Crippen LogP contribution < -0.4 is 19.6 Å². The van der Waals surface area contributed by atoms with Crippen molar-refractivity contribution in [3.05, 3.63) is 130 Å². The first-order chi connectivity index (χ1) is 21.6. The Morgan fingerprint density at radius 1 is 1.07 bits per heavy atom. The third-order valence-electron chi connectivity index (χ3n) is 8.11. The number of hydrogen-bond donors (Lipinski definition) is 0. The zero-order valence-corrected chi connectivity index (χ0v) is 28.5. The van der Waals surface area contributed by atoms with Gasteiger partial charge in [0.15, 0.2) is 4.80 Å². The summed E-state index contributed by atoms with van der Waals surface area (Å²) in [6, 6.07) is 21.5. The molecule has 6 rings (SSSR count). The van der Waals surface area contributed by atoms with Gasteiger partial charge in [-0.05, 0) is 70.0 Å². The number of carbonyl (C=O) groups is 1. The molecule has 3 heterocycles. The molecule has 1 atom stereocenters. The molecule has 0 aliphatic carbocycles. The summed E-state index contributed by atoms with van der Waals surface area (Å²) in [5.74, 6) is 0.0421. The van der Waals surface area contributed by atoms with Gasteiger partial charge in [0, 0.05) is 33.2 Å². The van der Waals surface area contributed by atoms with E-state index in [0.717, 1.165) is 26.6 Å². The number of carbonyl (C=O) groups excluding carboxylic acids is 1. The van der Waals surface area contributed by atoms with Crippen molar-refractivity contribution in [3.63, 3.8) is 0 Å². The van der Waals surface area contributed by atoms with Gasteiger partial charge in [-0.15, -0.1) is 0 Å². The van der Waals surface area contributed by atoms with Crippen LogP contribution in [0.25, 0.3) is 17.0 Å². The Morgan fingerprint density at radius 2 is 1.82 bits per heavy atom. The van der Waals surface area contributed by atoms with Crippen molar-refractivity contribution >= 4 is 50.2 Å². The Kier molecular flexibility index (Phi) is 8.41. The summed E-state index contributed by atoms with van der Waals surface area (Å²) in [6.45, 7) is 10.6. The second kappa shape index (κ2) is 12.3. The highest BCUT2D eigenvalue weighted by Gasteiger charge is 2.35. The van der Waals surface area contributed by atoms with E-state index in [1.54, 1.807) is 11.5 Å². The predicted octanol–water partition coefficient (Wildman–Crippen LogP) is 6.58. The van der Waals surface area contributed by atoms with Crippen LogP contribution in [0.2, 0.25) is 0 Å². The Hall–Kier alpha value is -4.21. The van der Waals surface area contributed by atoms with E-state index in [0.29, 0.717) is 38.5 Å². The van der Waals surface area contributed by atoms with Gasteiger partial charge in [0.05, 0.1) is 34.5 Å². The fourth-order valence-electron chi connectivity index (χ4n) is 6.10. The number of halogens is 1. The molecular weight excluding hydrogens is 650 g/mol. The lowest BCUT2D eigenvalue weighted by Crippen LogP contribution is -2.40. The molecule has 0 saturated carbocycles. The molecule has 0 N–H and O–H groups in total. The summed E-state index contributed by atoms with van der Waals surface area (Å²) in [6.07, 6.45) is 1.86. The van der Waals surface area contributed by atoms with Crippen molar-refractivity contribution in [2.75, 3.05) is 7.11 Å². The van der Waals surface area contributed by atoms with Crippen molar-refractivity contribution in [1.82, 2.24) is 9.13 Å². The van der Waals surface area contributed by atoms with Crippen molar-refractivity contribution in [2.45, 2.75) is 53.3 Å². The van der Waals surface area contributed by atoms with Crippen LogP contribution in [-0.2, 0) is 16.1 Å². The van der Waals surface area contributed by atoms with Crippen molar-refractivity contribution in [2.24, 2.45) is 4.99 Å². The summed E-state index contributed by atoms with van der Waals surface area (Å²) in [5.41, 5.74) is 6.80. The van der Waals surface area contributed by atoms with Gasteiger partial charge in [-0.1, -0.05) is 75.8 Å². The van der Waals surface area contributed by atoms with E-state index in [4.69, 9.17) is 14.5 Å². The lowest BCUT2D eigenvalue weighted by Gasteiger charge is -2.26. The summed E-state index contributed by atoms with van der Waals surface area (Å²) >= 11 is 4.90. The fourth-order valence-corrected chi connectivity index (χ4v) is 7.51. The van der Waals surface area contributed by atoms with Gasteiger partial charge < -0.3 is 14.0 Å². The number of rotatable bonds is 7. The van der Waals surface area contributed by atoms with Crippen LogP contribution >= 0.6 is 27.3 Å². The minimum Gasteiger partial charge on any atom is -0.491 e. The Morgan fingerprint density at radius 3 is 2.53 bits per heavy atom. The Labute approximate surface area is 273 Å². The average molecular weight is 685 g/mol. The van der Waals surface area contributed by atoms with Crippen LogP contribution in [0.4, 0.5) is 0 Å². The van der Waals surface area contributed by atoms with E-state index >= 15 is 0 Å². The largest absolute Gasteiger partial charge is 0.491 e. The lowest BCUT2D eigenvalue weighted by molar-refractivity contribution is -0.136. The van der Waals surface area contributed by atoms with Crippen LogP contribution in [-0.4, -0.2) is 28.3 Å². The first-order valence-electron chi connectivity index (χ1n) is 14.8.